The van der Waals surface area contributed by atoms with Crippen molar-refractivity contribution in [1.29, 1.82) is 0 Å². The van der Waals surface area contributed by atoms with Crippen molar-refractivity contribution in [3.05, 3.63) is 17.9 Å². The maximum absolute atomic E-state index is 12.3. The number of carbonyl (C=O) groups is 1. The van der Waals surface area contributed by atoms with Crippen LogP contribution in [0, 0.1) is 5.92 Å². The van der Waals surface area contributed by atoms with Gasteiger partial charge in [-0.15, -0.1) is 0 Å². The number of amides is 1. The Kier molecular flexibility index (Phi) is 3.93. The number of rotatable bonds is 3. The quantitative estimate of drug-likeness (QED) is 0.822. The van der Waals surface area contributed by atoms with Gasteiger partial charge in [-0.3, -0.25) is 4.79 Å². The molecule has 20 heavy (non-hydrogen) atoms. The summed E-state index contributed by atoms with van der Waals surface area (Å²) >= 11 is 0. The molecule has 1 aliphatic heterocycles. The Morgan fingerprint density at radius 1 is 1.35 bits per heavy atom. The highest BCUT2D eigenvalue weighted by molar-refractivity contribution is 7.90. The van der Waals surface area contributed by atoms with E-state index in [9.17, 15) is 13.2 Å². The molecule has 0 unspecified atom stereocenters. The number of furan rings is 1. The SMILES string of the molecule is C[C@@H]1CN(C(=O)c2ccc(S(C)(=O)=O)o2)C[C@H]1N(C)C. The van der Waals surface area contributed by atoms with Crippen molar-refractivity contribution in [1.82, 2.24) is 9.80 Å². The molecule has 112 valence electrons. The molecule has 0 spiro atoms. The van der Waals surface area contributed by atoms with Gasteiger partial charge in [-0.05, 0) is 32.1 Å². The van der Waals surface area contributed by atoms with Crippen molar-refractivity contribution in [2.45, 2.75) is 18.1 Å². The Balaban J connectivity index is 2.15. The van der Waals surface area contributed by atoms with Crippen LogP contribution in [0.3, 0.4) is 0 Å². The normalized spacial score (nSPS) is 23.6. The molecule has 0 radical (unpaired) electrons. The van der Waals surface area contributed by atoms with Crippen LogP contribution < -0.4 is 0 Å². The zero-order valence-corrected chi connectivity index (χ0v) is 13.0. The summed E-state index contributed by atoms with van der Waals surface area (Å²) in [6.07, 6.45) is 1.06. The van der Waals surface area contributed by atoms with Gasteiger partial charge in [0.1, 0.15) is 0 Å². The van der Waals surface area contributed by atoms with Crippen LogP contribution in [-0.4, -0.2) is 63.6 Å². The third-order valence-electron chi connectivity index (χ3n) is 3.68. The number of likely N-dealkylation sites (N-methyl/N-ethyl adjacent to an activating group) is 1. The fraction of sp³-hybridized carbons (Fsp3) is 0.615. The second kappa shape index (κ2) is 5.21. The van der Waals surface area contributed by atoms with E-state index in [1.54, 1.807) is 4.90 Å². The van der Waals surface area contributed by atoms with Crippen LogP contribution in [0.1, 0.15) is 17.5 Å². The second-order valence-corrected chi connectivity index (χ2v) is 7.56. The summed E-state index contributed by atoms with van der Waals surface area (Å²) in [4.78, 5) is 16.1. The Bertz CT molecular complexity index is 606. The summed E-state index contributed by atoms with van der Waals surface area (Å²) in [5, 5.41) is -0.169. The summed E-state index contributed by atoms with van der Waals surface area (Å²) in [6.45, 7) is 3.38. The lowest BCUT2D eigenvalue weighted by Gasteiger charge is -2.22. The molecular formula is C13H20N2O4S. The Labute approximate surface area is 119 Å². The summed E-state index contributed by atoms with van der Waals surface area (Å²) in [6, 6.07) is 3.06. The largest absolute Gasteiger partial charge is 0.440 e. The number of carbonyl (C=O) groups excluding carboxylic acids is 1. The smallest absolute Gasteiger partial charge is 0.289 e. The molecule has 0 N–H and O–H groups in total. The number of hydrogen-bond acceptors (Lipinski definition) is 5. The van der Waals surface area contributed by atoms with Crippen LogP contribution in [0.2, 0.25) is 0 Å². The standard InChI is InChI=1S/C13H20N2O4S/c1-9-7-15(8-10(9)14(2)3)13(16)11-5-6-12(19-11)20(4,17)18/h5-6,9-10H,7-8H2,1-4H3/t9-,10-/m1/s1. The van der Waals surface area contributed by atoms with Gasteiger partial charge in [-0.25, -0.2) is 8.42 Å². The van der Waals surface area contributed by atoms with Gasteiger partial charge < -0.3 is 14.2 Å². The predicted molar refractivity (Wildman–Crippen MR) is 74.4 cm³/mol. The Morgan fingerprint density at radius 2 is 2.00 bits per heavy atom. The van der Waals surface area contributed by atoms with E-state index in [2.05, 4.69) is 11.8 Å². The number of likely N-dealkylation sites (tertiary alicyclic amines) is 1. The molecule has 1 aliphatic rings. The molecule has 2 rings (SSSR count). The molecule has 1 aromatic rings. The van der Waals surface area contributed by atoms with Gasteiger partial charge in [0.2, 0.25) is 14.9 Å². The molecule has 0 aromatic carbocycles. The first-order chi connectivity index (χ1) is 9.20. The highest BCUT2D eigenvalue weighted by Gasteiger charge is 2.35. The van der Waals surface area contributed by atoms with E-state index >= 15 is 0 Å². The van der Waals surface area contributed by atoms with Gasteiger partial charge in [0.25, 0.3) is 5.91 Å². The molecule has 7 heteroatoms. The molecule has 1 fully saturated rings. The molecule has 1 saturated heterocycles. The summed E-state index contributed by atoms with van der Waals surface area (Å²) in [5.74, 6) is 0.200. The molecule has 0 bridgehead atoms. The highest BCUT2D eigenvalue weighted by atomic mass is 32.2. The maximum atomic E-state index is 12.3. The van der Waals surface area contributed by atoms with Gasteiger partial charge in [0.15, 0.2) is 5.76 Å². The van der Waals surface area contributed by atoms with Crippen molar-refractivity contribution < 1.29 is 17.6 Å². The maximum Gasteiger partial charge on any atom is 0.289 e. The van der Waals surface area contributed by atoms with Crippen molar-refractivity contribution in [2.24, 2.45) is 5.92 Å². The minimum absolute atomic E-state index is 0.0806. The molecule has 2 heterocycles. The monoisotopic (exact) mass is 300 g/mol. The molecule has 1 aromatic heterocycles. The lowest BCUT2D eigenvalue weighted by molar-refractivity contribution is 0.0744. The van der Waals surface area contributed by atoms with E-state index < -0.39 is 9.84 Å². The average Bonchev–Trinajstić information content (AvgIpc) is 2.93. The third-order valence-corrected chi connectivity index (χ3v) is 4.63. The number of sulfone groups is 1. The van der Waals surface area contributed by atoms with E-state index in [0.717, 1.165) is 6.26 Å². The van der Waals surface area contributed by atoms with Gasteiger partial charge in [0.05, 0.1) is 0 Å². The fourth-order valence-electron chi connectivity index (χ4n) is 2.58. The van der Waals surface area contributed by atoms with E-state index in [0.29, 0.717) is 25.0 Å². The lowest BCUT2D eigenvalue weighted by atomic mass is 10.1. The van der Waals surface area contributed by atoms with Crippen molar-refractivity contribution in [2.75, 3.05) is 33.4 Å². The van der Waals surface area contributed by atoms with Crippen LogP contribution in [0.5, 0.6) is 0 Å². The minimum Gasteiger partial charge on any atom is -0.440 e. The Hall–Kier alpha value is -1.34. The Morgan fingerprint density at radius 3 is 2.45 bits per heavy atom. The zero-order valence-electron chi connectivity index (χ0n) is 12.2. The van der Waals surface area contributed by atoms with Crippen molar-refractivity contribution in [3.63, 3.8) is 0 Å². The van der Waals surface area contributed by atoms with Crippen molar-refractivity contribution >= 4 is 15.7 Å². The van der Waals surface area contributed by atoms with E-state index in [-0.39, 0.29) is 16.8 Å². The summed E-state index contributed by atoms with van der Waals surface area (Å²) in [5.41, 5.74) is 0. The van der Waals surface area contributed by atoms with Crippen LogP contribution in [0.25, 0.3) is 0 Å². The van der Waals surface area contributed by atoms with E-state index in [4.69, 9.17) is 4.42 Å². The fourth-order valence-corrected chi connectivity index (χ4v) is 3.13. The number of hydrogen-bond donors (Lipinski definition) is 0. The predicted octanol–water partition coefficient (Wildman–Crippen LogP) is 0.705. The van der Waals surface area contributed by atoms with Crippen LogP contribution >= 0.6 is 0 Å². The first-order valence-corrected chi connectivity index (χ1v) is 8.35. The average molecular weight is 300 g/mol. The molecule has 2 atom stereocenters. The van der Waals surface area contributed by atoms with Gasteiger partial charge in [0, 0.05) is 25.4 Å². The first-order valence-electron chi connectivity index (χ1n) is 6.45. The molecule has 1 amide bonds. The molecule has 0 saturated carbocycles. The zero-order chi connectivity index (χ0) is 15.1. The molecular weight excluding hydrogens is 280 g/mol. The van der Waals surface area contributed by atoms with Crippen molar-refractivity contribution in [3.8, 4) is 0 Å². The van der Waals surface area contributed by atoms with Crippen LogP contribution in [-0.2, 0) is 9.84 Å². The first kappa shape index (κ1) is 15.1. The van der Waals surface area contributed by atoms with Crippen LogP contribution in [0.4, 0.5) is 0 Å². The molecule has 0 aliphatic carbocycles. The lowest BCUT2D eigenvalue weighted by Crippen LogP contribution is -2.35. The highest BCUT2D eigenvalue weighted by Crippen LogP contribution is 2.23. The topological polar surface area (TPSA) is 70.8 Å². The van der Waals surface area contributed by atoms with Gasteiger partial charge in [-0.2, -0.15) is 0 Å². The minimum atomic E-state index is -3.42. The van der Waals surface area contributed by atoms with E-state index in [1.807, 2.05) is 14.1 Å². The van der Waals surface area contributed by atoms with Gasteiger partial charge >= 0.3 is 0 Å². The van der Waals surface area contributed by atoms with Crippen LogP contribution in [0.15, 0.2) is 21.6 Å². The molecule has 6 nitrogen and oxygen atoms in total. The summed E-state index contributed by atoms with van der Waals surface area (Å²) in [7, 11) is 0.560. The number of nitrogens with zero attached hydrogens (tertiary/aromatic N) is 2. The van der Waals surface area contributed by atoms with Gasteiger partial charge in [-0.1, -0.05) is 6.92 Å². The van der Waals surface area contributed by atoms with E-state index in [1.165, 1.54) is 12.1 Å². The second-order valence-electron chi connectivity index (χ2n) is 5.61. The summed E-state index contributed by atoms with van der Waals surface area (Å²) < 4.78 is 27.9. The third kappa shape index (κ3) is 2.88.